The highest BCUT2D eigenvalue weighted by atomic mass is 14.7. The average Bonchev–Trinajstić information content (AvgIpc) is 2.83. The van der Waals surface area contributed by atoms with Gasteiger partial charge in [-0.25, -0.2) is 0 Å². The Hall–Kier alpha value is -0.820. The van der Waals surface area contributed by atoms with Crippen molar-refractivity contribution in [3.63, 3.8) is 0 Å². The second kappa shape index (κ2) is 3.15. The first-order valence-corrected chi connectivity index (χ1v) is 5.04. The van der Waals surface area contributed by atoms with Gasteiger partial charge in [-0.05, 0) is 23.5 Å². The van der Waals surface area contributed by atoms with Crippen molar-refractivity contribution in [1.29, 1.82) is 0 Å². The van der Waals surface area contributed by atoms with Crippen molar-refractivity contribution in [3.8, 4) is 0 Å². The molecule has 1 heteroatoms. The quantitative estimate of drug-likeness (QED) is 0.734. The van der Waals surface area contributed by atoms with Gasteiger partial charge in [0.05, 0.1) is 0 Å². The highest BCUT2D eigenvalue weighted by Crippen LogP contribution is 2.39. The molecule has 1 aromatic rings. The van der Waals surface area contributed by atoms with Gasteiger partial charge in [-0.2, -0.15) is 0 Å². The summed E-state index contributed by atoms with van der Waals surface area (Å²) in [5.41, 5.74) is 8.62. The molecule has 13 heavy (non-hydrogen) atoms. The number of rotatable bonds is 2. The molecule has 0 spiro atoms. The molecule has 0 aliphatic heterocycles. The van der Waals surface area contributed by atoms with E-state index in [1.54, 1.807) is 0 Å². The van der Waals surface area contributed by atoms with Gasteiger partial charge in [0, 0.05) is 12.0 Å². The maximum atomic E-state index is 5.80. The van der Waals surface area contributed by atoms with Gasteiger partial charge in [0.15, 0.2) is 0 Å². The molecule has 2 N–H and O–H groups in total. The Morgan fingerprint density at radius 3 is 2.15 bits per heavy atom. The number of hydrogen-bond donors (Lipinski definition) is 1. The molecule has 1 aromatic carbocycles. The molecule has 0 saturated heterocycles. The molecule has 1 aliphatic rings. The molecule has 0 amide bonds. The summed E-state index contributed by atoms with van der Waals surface area (Å²) < 4.78 is 0. The van der Waals surface area contributed by atoms with Gasteiger partial charge in [0.25, 0.3) is 0 Å². The Morgan fingerprint density at radius 2 is 1.77 bits per heavy atom. The molecule has 2 rings (SSSR count). The largest absolute Gasteiger partial charge is 0.327 e. The Balaban J connectivity index is 2.14. The van der Waals surface area contributed by atoms with Crippen LogP contribution in [-0.2, 0) is 0 Å². The average molecular weight is 175 g/mol. The van der Waals surface area contributed by atoms with Gasteiger partial charge in [0.2, 0.25) is 0 Å². The van der Waals surface area contributed by atoms with E-state index in [4.69, 9.17) is 5.73 Å². The highest BCUT2D eigenvalue weighted by molar-refractivity contribution is 5.31. The molecule has 2 atom stereocenters. The zero-order valence-corrected chi connectivity index (χ0v) is 8.33. The monoisotopic (exact) mass is 175 g/mol. The van der Waals surface area contributed by atoms with E-state index < -0.39 is 0 Å². The smallest absolute Gasteiger partial charge is 0.0115 e. The van der Waals surface area contributed by atoms with Crippen molar-refractivity contribution in [1.82, 2.24) is 0 Å². The number of nitrogens with two attached hydrogens (primary N) is 1. The van der Waals surface area contributed by atoms with Gasteiger partial charge >= 0.3 is 0 Å². The zero-order valence-electron chi connectivity index (χ0n) is 8.33. The number of benzene rings is 1. The van der Waals surface area contributed by atoms with Crippen LogP contribution < -0.4 is 5.73 Å². The van der Waals surface area contributed by atoms with E-state index in [1.165, 1.54) is 17.5 Å². The Labute approximate surface area is 80.0 Å². The number of hydrogen-bond acceptors (Lipinski definition) is 1. The molecule has 0 aromatic heterocycles. The second-order valence-electron chi connectivity index (χ2n) is 4.33. The third-order valence-electron chi connectivity index (χ3n) is 2.87. The van der Waals surface area contributed by atoms with Gasteiger partial charge < -0.3 is 5.73 Å². The van der Waals surface area contributed by atoms with Crippen LogP contribution in [0.2, 0.25) is 0 Å². The summed E-state index contributed by atoms with van der Waals surface area (Å²) in [6.45, 7) is 4.44. The molecule has 0 bridgehead atoms. The van der Waals surface area contributed by atoms with Crippen LogP contribution in [0.3, 0.4) is 0 Å². The first-order valence-electron chi connectivity index (χ1n) is 5.04. The minimum Gasteiger partial charge on any atom is -0.327 e. The summed E-state index contributed by atoms with van der Waals surface area (Å²) in [6, 6.07) is 9.33. The predicted octanol–water partition coefficient (Wildman–Crippen LogP) is 2.62. The first-order chi connectivity index (χ1) is 6.18. The summed E-state index contributed by atoms with van der Waals surface area (Å²) in [7, 11) is 0. The summed E-state index contributed by atoms with van der Waals surface area (Å²) in [5, 5.41) is 0. The van der Waals surface area contributed by atoms with Crippen LogP contribution in [0.4, 0.5) is 0 Å². The molecule has 0 radical (unpaired) electrons. The van der Waals surface area contributed by atoms with Crippen molar-refractivity contribution >= 4 is 0 Å². The third kappa shape index (κ3) is 1.75. The van der Waals surface area contributed by atoms with Crippen LogP contribution in [0.5, 0.6) is 0 Å². The molecule has 1 aliphatic carbocycles. The van der Waals surface area contributed by atoms with E-state index in [0.717, 1.165) is 0 Å². The molecule has 1 saturated carbocycles. The minimum atomic E-state index is 0.421. The SMILES string of the molecule is CC(C)c1ccc([C@H]2CC2N)cc1. The molecule has 1 fully saturated rings. The lowest BCUT2D eigenvalue weighted by Crippen LogP contribution is -2.00. The van der Waals surface area contributed by atoms with E-state index in [2.05, 4.69) is 38.1 Å². The third-order valence-corrected chi connectivity index (χ3v) is 2.87. The van der Waals surface area contributed by atoms with Crippen molar-refractivity contribution in [2.24, 2.45) is 5.73 Å². The summed E-state index contributed by atoms with van der Waals surface area (Å²) >= 11 is 0. The van der Waals surface area contributed by atoms with E-state index >= 15 is 0 Å². The lowest BCUT2D eigenvalue weighted by Gasteiger charge is -2.05. The van der Waals surface area contributed by atoms with Crippen molar-refractivity contribution in [2.75, 3.05) is 0 Å². The summed E-state index contributed by atoms with van der Waals surface area (Å²) in [5.74, 6) is 1.27. The first kappa shape index (κ1) is 8.76. The molecular formula is C12H17N. The molecule has 1 unspecified atom stereocenters. The topological polar surface area (TPSA) is 26.0 Å². The van der Waals surface area contributed by atoms with Crippen LogP contribution in [-0.4, -0.2) is 6.04 Å². The van der Waals surface area contributed by atoms with E-state index in [1.807, 2.05) is 0 Å². The Bertz CT molecular complexity index is 286. The zero-order chi connectivity index (χ0) is 9.42. The fourth-order valence-electron chi connectivity index (χ4n) is 1.73. The maximum Gasteiger partial charge on any atom is 0.0115 e. The lowest BCUT2D eigenvalue weighted by atomic mass is 10.0. The normalized spacial score (nSPS) is 26.5. The highest BCUT2D eigenvalue weighted by Gasteiger charge is 2.34. The Morgan fingerprint density at radius 1 is 1.23 bits per heavy atom. The molecule has 70 valence electrons. The summed E-state index contributed by atoms with van der Waals surface area (Å²) in [6.07, 6.45) is 1.17. The van der Waals surface area contributed by atoms with Gasteiger partial charge in [-0.15, -0.1) is 0 Å². The van der Waals surface area contributed by atoms with E-state index in [-0.39, 0.29) is 0 Å². The molecule has 1 nitrogen and oxygen atoms in total. The standard InChI is InChI=1S/C12H17N/c1-8(2)9-3-5-10(6-4-9)11-7-12(11)13/h3-6,8,11-12H,7,13H2,1-2H3/t11-,12?/m1/s1. The second-order valence-corrected chi connectivity index (χ2v) is 4.33. The maximum absolute atomic E-state index is 5.80. The van der Waals surface area contributed by atoms with Gasteiger partial charge in [-0.3, -0.25) is 0 Å². The predicted molar refractivity (Wildman–Crippen MR) is 55.9 cm³/mol. The van der Waals surface area contributed by atoms with Crippen LogP contribution >= 0.6 is 0 Å². The fourth-order valence-corrected chi connectivity index (χ4v) is 1.73. The van der Waals surface area contributed by atoms with Crippen molar-refractivity contribution in [3.05, 3.63) is 35.4 Å². The van der Waals surface area contributed by atoms with Crippen molar-refractivity contribution in [2.45, 2.75) is 38.1 Å². The van der Waals surface area contributed by atoms with Crippen LogP contribution in [0, 0.1) is 0 Å². The van der Waals surface area contributed by atoms with E-state index in [9.17, 15) is 0 Å². The fraction of sp³-hybridized carbons (Fsp3) is 0.500. The molecule has 0 heterocycles. The van der Waals surface area contributed by atoms with Crippen LogP contribution in [0.1, 0.15) is 43.2 Å². The summed E-state index contributed by atoms with van der Waals surface area (Å²) in [4.78, 5) is 0. The Kier molecular flexibility index (Phi) is 2.12. The lowest BCUT2D eigenvalue weighted by molar-refractivity contribution is 0.864. The van der Waals surface area contributed by atoms with Gasteiger partial charge in [-0.1, -0.05) is 38.1 Å². The van der Waals surface area contributed by atoms with Crippen LogP contribution in [0.25, 0.3) is 0 Å². The van der Waals surface area contributed by atoms with Crippen molar-refractivity contribution < 1.29 is 0 Å². The minimum absolute atomic E-state index is 0.421. The molecular weight excluding hydrogens is 158 g/mol. The van der Waals surface area contributed by atoms with Crippen LogP contribution in [0.15, 0.2) is 24.3 Å². The van der Waals surface area contributed by atoms with E-state index in [0.29, 0.717) is 17.9 Å². The van der Waals surface area contributed by atoms with Gasteiger partial charge in [0.1, 0.15) is 0 Å².